The topological polar surface area (TPSA) is 114 Å². The Bertz CT molecular complexity index is 883. The van der Waals surface area contributed by atoms with E-state index < -0.39 is 18.5 Å². The summed E-state index contributed by atoms with van der Waals surface area (Å²) in [5.41, 5.74) is 1.72. The maximum atomic E-state index is 12.0. The molecule has 0 saturated heterocycles. The smallest absolute Gasteiger partial charge is 0.308 e. The van der Waals surface area contributed by atoms with Crippen LogP contribution in [0.2, 0.25) is 0 Å². The first-order valence-corrected chi connectivity index (χ1v) is 9.62. The molecule has 0 aliphatic rings. The van der Waals surface area contributed by atoms with E-state index in [0.717, 1.165) is 5.56 Å². The summed E-state index contributed by atoms with van der Waals surface area (Å²) >= 11 is 0. The van der Waals surface area contributed by atoms with Gasteiger partial charge in [-0.2, -0.15) is 0 Å². The number of hydrogen-bond acceptors (Lipinski definition) is 5. The van der Waals surface area contributed by atoms with Crippen molar-refractivity contribution in [3.05, 3.63) is 65.7 Å². The van der Waals surface area contributed by atoms with Crippen LogP contribution >= 0.6 is 0 Å². The van der Waals surface area contributed by atoms with Crippen molar-refractivity contribution >= 4 is 29.4 Å². The summed E-state index contributed by atoms with van der Waals surface area (Å²) in [6.07, 6.45) is 0.189. The fourth-order valence-electron chi connectivity index (χ4n) is 2.56. The van der Waals surface area contributed by atoms with Crippen LogP contribution < -0.4 is 16.0 Å². The summed E-state index contributed by atoms with van der Waals surface area (Å²) in [7, 11) is 0. The van der Waals surface area contributed by atoms with E-state index in [9.17, 15) is 19.2 Å². The Morgan fingerprint density at radius 3 is 2.40 bits per heavy atom. The van der Waals surface area contributed by atoms with Crippen LogP contribution in [0.15, 0.2) is 54.6 Å². The molecule has 0 heterocycles. The van der Waals surface area contributed by atoms with Crippen molar-refractivity contribution in [2.75, 3.05) is 25.0 Å². The molecule has 30 heavy (non-hydrogen) atoms. The van der Waals surface area contributed by atoms with Gasteiger partial charge in [0.1, 0.15) is 0 Å². The molecular weight excluding hydrogens is 386 g/mol. The molecule has 0 spiro atoms. The predicted octanol–water partition coefficient (Wildman–Crippen LogP) is 1.67. The van der Waals surface area contributed by atoms with E-state index in [1.54, 1.807) is 18.2 Å². The Labute approximate surface area is 175 Å². The summed E-state index contributed by atoms with van der Waals surface area (Å²) in [5, 5.41) is 7.88. The molecule has 2 aromatic carbocycles. The van der Waals surface area contributed by atoms with Gasteiger partial charge in [0.25, 0.3) is 11.8 Å². The standard InChI is InChI=1S/C22H25N3O5/c1-2-23-22(29)17-9-6-10-18(14-17)25-20(27)15-30-21(28)11-12-24-19(26)13-16-7-4-3-5-8-16/h3-10,14H,2,11-13,15H2,1H3,(H,23,29)(H,24,26)(H,25,27). The molecule has 3 amide bonds. The predicted molar refractivity (Wildman–Crippen MR) is 112 cm³/mol. The molecule has 2 aromatic rings. The van der Waals surface area contributed by atoms with Gasteiger partial charge in [0.15, 0.2) is 6.61 Å². The van der Waals surface area contributed by atoms with E-state index >= 15 is 0 Å². The highest BCUT2D eigenvalue weighted by molar-refractivity contribution is 5.97. The second kappa shape index (κ2) is 12.0. The summed E-state index contributed by atoms with van der Waals surface area (Å²) < 4.78 is 4.91. The highest BCUT2D eigenvalue weighted by atomic mass is 16.5. The summed E-state index contributed by atoms with van der Waals surface area (Å²) in [5.74, 6) is -1.56. The van der Waals surface area contributed by atoms with Crippen LogP contribution in [0.4, 0.5) is 5.69 Å². The Hall–Kier alpha value is -3.68. The van der Waals surface area contributed by atoms with E-state index in [1.807, 2.05) is 37.3 Å². The molecule has 0 aliphatic heterocycles. The van der Waals surface area contributed by atoms with Crippen molar-refractivity contribution in [3.8, 4) is 0 Å². The number of carbonyl (C=O) groups excluding carboxylic acids is 4. The minimum absolute atomic E-state index is 0.0412. The highest BCUT2D eigenvalue weighted by Gasteiger charge is 2.10. The average molecular weight is 411 g/mol. The van der Waals surface area contributed by atoms with E-state index in [4.69, 9.17) is 4.74 Å². The summed E-state index contributed by atoms with van der Waals surface area (Å²) in [4.78, 5) is 47.3. The number of amides is 3. The molecule has 3 N–H and O–H groups in total. The van der Waals surface area contributed by atoms with E-state index in [2.05, 4.69) is 16.0 Å². The lowest BCUT2D eigenvalue weighted by Gasteiger charge is -2.09. The van der Waals surface area contributed by atoms with E-state index in [1.165, 1.54) is 6.07 Å². The quantitative estimate of drug-likeness (QED) is 0.515. The van der Waals surface area contributed by atoms with Gasteiger partial charge in [0.2, 0.25) is 5.91 Å². The van der Waals surface area contributed by atoms with Gasteiger partial charge in [-0.3, -0.25) is 19.2 Å². The second-order valence-corrected chi connectivity index (χ2v) is 6.41. The van der Waals surface area contributed by atoms with Gasteiger partial charge in [-0.1, -0.05) is 36.4 Å². The normalized spacial score (nSPS) is 10.0. The Morgan fingerprint density at radius 1 is 0.900 bits per heavy atom. The van der Waals surface area contributed by atoms with Crippen molar-refractivity contribution in [1.29, 1.82) is 0 Å². The van der Waals surface area contributed by atoms with Crippen molar-refractivity contribution < 1.29 is 23.9 Å². The fraction of sp³-hybridized carbons (Fsp3) is 0.273. The van der Waals surface area contributed by atoms with Crippen LogP contribution in [0.25, 0.3) is 0 Å². The zero-order chi connectivity index (χ0) is 21.8. The van der Waals surface area contributed by atoms with Crippen LogP contribution in [0.3, 0.4) is 0 Å². The van der Waals surface area contributed by atoms with Gasteiger partial charge in [-0.15, -0.1) is 0 Å². The molecule has 0 aliphatic carbocycles. The van der Waals surface area contributed by atoms with Gasteiger partial charge in [-0.05, 0) is 30.7 Å². The lowest BCUT2D eigenvalue weighted by Crippen LogP contribution is -2.28. The molecular formula is C22H25N3O5. The number of carbonyl (C=O) groups is 4. The van der Waals surface area contributed by atoms with Gasteiger partial charge in [-0.25, -0.2) is 0 Å². The van der Waals surface area contributed by atoms with Crippen LogP contribution in [-0.2, 0) is 25.5 Å². The highest BCUT2D eigenvalue weighted by Crippen LogP contribution is 2.10. The lowest BCUT2D eigenvalue weighted by molar-refractivity contribution is -0.147. The first-order chi connectivity index (χ1) is 14.5. The number of esters is 1. The number of anilines is 1. The first-order valence-electron chi connectivity index (χ1n) is 9.62. The zero-order valence-electron chi connectivity index (χ0n) is 16.8. The minimum Gasteiger partial charge on any atom is -0.456 e. The summed E-state index contributed by atoms with van der Waals surface area (Å²) in [6.45, 7) is 1.98. The zero-order valence-corrected chi connectivity index (χ0v) is 16.8. The van der Waals surface area contributed by atoms with Crippen LogP contribution in [0.5, 0.6) is 0 Å². The molecule has 2 rings (SSSR count). The van der Waals surface area contributed by atoms with E-state index in [0.29, 0.717) is 17.8 Å². The average Bonchev–Trinajstić information content (AvgIpc) is 2.73. The Balaban J connectivity index is 1.67. The third-order valence-corrected chi connectivity index (χ3v) is 3.97. The lowest BCUT2D eigenvalue weighted by atomic mass is 10.1. The van der Waals surface area contributed by atoms with Crippen molar-refractivity contribution in [2.45, 2.75) is 19.8 Å². The van der Waals surface area contributed by atoms with Crippen molar-refractivity contribution in [1.82, 2.24) is 10.6 Å². The molecule has 8 nitrogen and oxygen atoms in total. The number of nitrogens with one attached hydrogen (secondary N) is 3. The molecule has 0 fully saturated rings. The van der Waals surface area contributed by atoms with Gasteiger partial charge in [0.05, 0.1) is 12.8 Å². The monoisotopic (exact) mass is 411 g/mol. The van der Waals surface area contributed by atoms with Crippen LogP contribution in [0.1, 0.15) is 29.3 Å². The number of benzene rings is 2. The molecule has 0 radical (unpaired) electrons. The Kier molecular flexibility index (Phi) is 9.05. The van der Waals surface area contributed by atoms with Crippen molar-refractivity contribution in [2.24, 2.45) is 0 Å². The third-order valence-electron chi connectivity index (χ3n) is 3.97. The molecule has 0 atom stereocenters. The van der Waals surface area contributed by atoms with Crippen LogP contribution in [0, 0.1) is 0 Å². The largest absolute Gasteiger partial charge is 0.456 e. The maximum absolute atomic E-state index is 12.0. The minimum atomic E-state index is -0.596. The van der Waals surface area contributed by atoms with Crippen LogP contribution in [-0.4, -0.2) is 43.4 Å². The molecule has 0 unspecified atom stereocenters. The number of hydrogen-bond donors (Lipinski definition) is 3. The van der Waals surface area contributed by atoms with E-state index in [-0.39, 0.29) is 31.2 Å². The molecule has 0 bridgehead atoms. The van der Waals surface area contributed by atoms with Gasteiger partial charge in [0, 0.05) is 24.3 Å². The number of rotatable bonds is 10. The SMILES string of the molecule is CCNC(=O)c1cccc(NC(=O)COC(=O)CCNC(=O)Cc2ccccc2)c1. The molecule has 158 valence electrons. The first kappa shape index (κ1) is 22.6. The maximum Gasteiger partial charge on any atom is 0.308 e. The second-order valence-electron chi connectivity index (χ2n) is 6.41. The number of ether oxygens (including phenoxy) is 1. The molecule has 0 aromatic heterocycles. The Morgan fingerprint density at radius 2 is 1.67 bits per heavy atom. The van der Waals surface area contributed by atoms with Gasteiger partial charge < -0.3 is 20.7 Å². The molecule has 0 saturated carbocycles. The summed E-state index contributed by atoms with van der Waals surface area (Å²) in [6, 6.07) is 15.7. The fourth-order valence-corrected chi connectivity index (χ4v) is 2.56. The van der Waals surface area contributed by atoms with Crippen molar-refractivity contribution in [3.63, 3.8) is 0 Å². The van der Waals surface area contributed by atoms with Gasteiger partial charge >= 0.3 is 5.97 Å². The third kappa shape index (κ3) is 8.14. The molecule has 8 heteroatoms.